The van der Waals surface area contributed by atoms with Gasteiger partial charge < -0.3 is 14.8 Å². The molecule has 0 bridgehead atoms. The fourth-order valence-electron chi connectivity index (χ4n) is 7.28. The zero-order valence-electron chi connectivity index (χ0n) is 23.1. The van der Waals surface area contributed by atoms with Crippen LogP contribution in [0.15, 0.2) is 47.4 Å². The zero-order chi connectivity index (χ0) is 29.4. The Morgan fingerprint density at radius 2 is 1.88 bits per heavy atom. The van der Waals surface area contributed by atoms with Crippen LogP contribution in [0.5, 0.6) is 0 Å². The molecule has 0 radical (unpaired) electrons. The van der Waals surface area contributed by atoms with E-state index in [2.05, 4.69) is 15.2 Å². The van der Waals surface area contributed by atoms with E-state index in [-0.39, 0.29) is 36.3 Å². The molecule has 11 heteroatoms. The average Bonchev–Trinajstić information content (AvgIpc) is 3.46. The summed E-state index contributed by atoms with van der Waals surface area (Å²) in [6.45, 7) is 1.20. The highest BCUT2D eigenvalue weighted by Gasteiger charge is 2.65. The maximum absolute atomic E-state index is 13.8. The Bertz CT molecular complexity index is 1800. The molecule has 0 spiro atoms. The number of fused-ring (bicyclic) bond motifs is 6. The van der Waals surface area contributed by atoms with E-state index >= 15 is 0 Å². The molecule has 2 aromatic heterocycles. The van der Waals surface area contributed by atoms with Crippen molar-refractivity contribution in [2.75, 3.05) is 19.6 Å². The quantitative estimate of drug-likeness (QED) is 0.361. The lowest BCUT2D eigenvalue weighted by Crippen LogP contribution is -2.45. The fraction of sp³-hybridized carbons (Fsp3) is 0.419. The summed E-state index contributed by atoms with van der Waals surface area (Å²) in [5.74, 6) is -1.17. The molecule has 2 aromatic carbocycles. The van der Waals surface area contributed by atoms with Gasteiger partial charge in [-0.05, 0) is 66.3 Å². The van der Waals surface area contributed by atoms with Crippen molar-refractivity contribution in [2.45, 2.75) is 57.2 Å². The third-order valence-electron chi connectivity index (χ3n) is 9.50. The number of piperidine rings is 1. The monoisotopic (exact) mass is 577 g/mol. The van der Waals surface area contributed by atoms with Crippen LogP contribution in [0.1, 0.15) is 59.8 Å². The van der Waals surface area contributed by atoms with Gasteiger partial charge in [-0.15, -0.1) is 0 Å². The van der Waals surface area contributed by atoms with Gasteiger partial charge in [-0.2, -0.15) is 18.3 Å². The van der Waals surface area contributed by atoms with Crippen LogP contribution >= 0.6 is 0 Å². The van der Waals surface area contributed by atoms with Crippen molar-refractivity contribution in [3.8, 4) is 0 Å². The second-order valence-electron chi connectivity index (χ2n) is 12.1. The van der Waals surface area contributed by atoms with E-state index in [1.54, 1.807) is 11.1 Å². The molecule has 1 aliphatic carbocycles. The minimum atomic E-state index is -4.57. The predicted molar refractivity (Wildman–Crippen MR) is 150 cm³/mol. The van der Waals surface area contributed by atoms with Gasteiger partial charge in [-0.3, -0.25) is 19.5 Å². The van der Waals surface area contributed by atoms with Crippen LogP contribution in [0.25, 0.3) is 21.8 Å². The first kappa shape index (κ1) is 26.7. The second kappa shape index (κ2) is 9.43. The number of H-pyrrole nitrogens is 2. The number of nitrogens with zero attached hydrogens (tertiary/aromatic N) is 3. The molecule has 218 valence electrons. The third kappa shape index (κ3) is 4.37. The van der Waals surface area contributed by atoms with E-state index in [4.69, 9.17) is 0 Å². The van der Waals surface area contributed by atoms with E-state index in [1.165, 1.54) is 0 Å². The highest BCUT2D eigenvalue weighted by molar-refractivity contribution is 5.96. The highest BCUT2D eigenvalue weighted by atomic mass is 19.4. The van der Waals surface area contributed by atoms with E-state index in [0.717, 1.165) is 32.4 Å². The Morgan fingerprint density at radius 3 is 2.64 bits per heavy atom. The number of amides is 2. The molecule has 2 amide bonds. The van der Waals surface area contributed by atoms with Crippen LogP contribution < -0.4 is 5.56 Å². The molecule has 4 aromatic rings. The molecule has 2 N–H and O–H groups in total. The summed E-state index contributed by atoms with van der Waals surface area (Å²) < 4.78 is 40.9. The van der Waals surface area contributed by atoms with Gasteiger partial charge >= 0.3 is 6.18 Å². The third-order valence-corrected chi connectivity index (χ3v) is 9.50. The Morgan fingerprint density at radius 1 is 1.12 bits per heavy atom. The number of carbonyl (C=O) groups excluding carboxylic acids is 2. The van der Waals surface area contributed by atoms with Crippen LogP contribution in [0.4, 0.5) is 13.2 Å². The lowest BCUT2D eigenvalue weighted by molar-refractivity contribution is -0.166. The number of hydrogen-bond acceptors (Lipinski definition) is 4. The minimum Gasteiger partial charge on any atom is -0.343 e. The fourth-order valence-corrected chi connectivity index (χ4v) is 7.28. The van der Waals surface area contributed by atoms with E-state index < -0.39 is 24.0 Å². The van der Waals surface area contributed by atoms with Crippen molar-refractivity contribution >= 4 is 33.6 Å². The average molecular weight is 578 g/mol. The van der Waals surface area contributed by atoms with Crippen molar-refractivity contribution in [3.63, 3.8) is 0 Å². The maximum atomic E-state index is 13.8. The summed E-state index contributed by atoms with van der Waals surface area (Å²) in [5.41, 5.74) is 3.29. The molecule has 1 unspecified atom stereocenters. The summed E-state index contributed by atoms with van der Waals surface area (Å²) in [7, 11) is 0. The van der Waals surface area contributed by atoms with Gasteiger partial charge in [-0.25, -0.2) is 0 Å². The largest absolute Gasteiger partial charge is 0.406 e. The SMILES string of the molecule is Cc1cc2c(c3cn[nH]c13)CN(CC(F)(F)F)C(=O)[C@@]1(CC(=O)N3CCC(c4cc5ccccc5[nH]c4=O)CC3)CC21. The van der Waals surface area contributed by atoms with Crippen LogP contribution in [-0.2, 0) is 16.1 Å². The Labute approximate surface area is 238 Å². The van der Waals surface area contributed by atoms with Crippen LogP contribution in [0.3, 0.4) is 0 Å². The number of aryl methyl sites for hydroxylation is 1. The number of para-hydroxylation sites is 1. The number of pyridine rings is 1. The topological polar surface area (TPSA) is 102 Å². The van der Waals surface area contributed by atoms with Gasteiger partial charge in [0.15, 0.2) is 0 Å². The van der Waals surface area contributed by atoms with Gasteiger partial charge in [-0.1, -0.05) is 24.3 Å². The molecule has 7 rings (SSSR count). The maximum Gasteiger partial charge on any atom is 0.406 e. The molecule has 3 aliphatic rings. The number of nitrogens with one attached hydrogen (secondary N) is 2. The van der Waals surface area contributed by atoms with Crippen molar-refractivity contribution in [1.82, 2.24) is 25.0 Å². The van der Waals surface area contributed by atoms with Gasteiger partial charge in [0, 0.05) is 48.4 Å². The zero-order valence-corrected chi connectivity index (χ0v) is 23.1. The normalized spacial score (nSPS) is 22.8. The molecule has 4 heterocycles. The lowest BCUT2D eigenvalue weighted by atomic mass is 9.88. The number of carbonyl (C=O) groups is 2. The number of aromatic amines is 2. The van der Waals surface area contributed by atoms with E-state index in [9.17, 15) is 27.6 Å². The van der Waals surface area contributed by atoms with Crippen molar-refractivity contribution in [2.24, 2.45) is 5.41 Å². The molecule has 2 aliphatic heterocycles. The Hall–Kier alpha value is -4.15. The van der Waals surface area contributed by atoms with Crippen LogP contribution in [0.2, 0.25) is 0 Å². The first-order chi connectivity index (χ1) is 20.0. The highest BCUT2D eigenvalue weighted by Crippen LogP contribution is 2.65. The predicted octanol–water partition coefficient (Wildman–Crippen LogP) is 4.89. The first-order valence-electron chi connectivity index (χ1n) is 14.3. The summed E-state index contributed by atoms with van der Waals surface area (Å²) in [6.07, 6.45) is -1.57. The van der Waals surface area contributed by atoms with Gasteiger partial charge in [0.25, 0.3) is 5.56 Å². The second-order valence-corrected chi connectivity index (χ2v) is 12.1. The number of rotatable bonds is 4. The van der Waals surface area contributed by atoms with Gasteiger partial charge in [0.05, 0.1) is 17.1 Å². The molecular formula is C31H30F3N5O3. The number of hydrogen-bond donors (Lipinski definition) is 2. The number of halogens is 3. The lowest BCUT2D eigenvalue weighted by Gasteiger charge is -2.33. The molecule has 2 atom stereocenters. The first-order valence-corrected chi connectivity index (χ1v) is 14.3. The standard InChI is InChI=1S/C31H30F3N5O3/c1-17-10-21-23(22-14-35-37-27(17)22)15-39(16-31(32,33)34)29(42)30(12-24(21)30)13-26(40)38-8-6-18(7-9-38)20-11-19-4-2-3-5-25(19)36-28(20)41/h2-5,10-11,14,18,24H,6-9,12-13,15-16H2,1H3,(H,35,37)(H,36,41)/t24?,30-/m1/s1. The Kier molecular flexibility index (Phi) is 6.00. The molecule has 2 fully saturated rings. The summed E-state index contributed by atoms with van der Waals surface area (Å²) >= 11 is 0. The van der Waals surface area contributed by atoms with Crippen molar-refractivity contribution < 1.29 is 22.8 Å². The molecule has 8 nitrogen and oxygen atoms in total. The van der Waals surface area contributed by atoms with Gasteiger partial charge in [0.1, 0.15) is 6.54 Å². The van der Waals surface area contributed by atoms with E-state index in [1.807, 2.05) is 43.3 Å². The smallest absolute Gasteiger partial charge is 0.343 e. The summed E-state index contributed by atoms with van der Waals surface area (Å²) in [4.78, 5) is 45.7. The number of aromatic nitrogens is 3. The summed E-state index contributed by atoms with van der Waals surface area (Å²) in [5, 5.41) is 8.68. The number of benzene rings is 2. The van der Waals surface area contributed by atoms with Crippen molar-refractivity contribution in [3.05, 3.63) is 75.2 Å². The van der Waals surface area contributed by atoms with E-state index in [0.29, 0.717) is 48.9 Å². The molecule has 42 heavy (non-hydrogen) atoms. The van der Waals surface area contributed by atoms with Gasteiger partial charge in [0.2, 0.25) is 11.8 Å². The molecule has 1 saturated carbocycles. The Balaban J connectivity index is 1.13. The molecule has 1 saturated heterocycles. The number of likely N-dealkylation sites (tertiary alicyclic amines) is 1. The minimum absolute atomic E-state index is 0.0109. The van der Waals surface area contributed by atoms with Crippen LogP contribution in [0, 0.1) is 12.3 Å². The molecular weight excluding hydrogens is 547 g/mol. The van der Waals surface area contributed by atoms with Crippen LogP contribution in [-0.4, -0.2) is 62.6 Å². The summed E-state index contributed by atoms with van der Waals surface area (Å²) in [6, 6.07) is 11.4. The number of alkyl halides is 3. The van der Waals surface area contributed by atoms with Crippen molar-refractivity contribution in [1.29, 1.82) is 0 Å².